The third kappa shape index (κ3) is 5.27. The first-order valence-electron chi connectivity index (χ1n) is 8.26. The largest absolute Gasteiger partial charge is 0.350 e. The average Bonchev–Trinajstić information content (AvgIpc) is 2.69. The Morgan fingerprint density at radius 1 is 1.11 bits per heavy atom. The van der Waals surface area contributed by atoms with Gasteiger partial charge in [-0.2, -0.15) is 5.26 Å². The maximum atomic E-state index is 12.2. The van der Waals surface area contributed by atoms with Crippen LogP contribution < -0.4 is 10.6 Å². The molecule has 0 unspecified atom stereocenters. The fraction of sp³-hybridized carbons (Fsp3) is 0.100. The number of hydrogen-bond acceptors (Lipinski definition) is 5. The fourth-order valence-electron chi connectivity index (χ4n) is 2.39. The third-order valence-electron chi connectivity index (χ3n) is 3.76. The number of hydrogen-bond donors (Lipinski definition) is 2. The molecule has 1 aromatic heterocycles. The SMILES string of the molecule is N#Cc1ccc(Nc2cnc(C(=O)NCCc3cccc(Cl)c3)cn2)cc1. The summed E-state index contributed by atoms with van der Waals surface area (Å²) in [7, 11) is 0. The Morgan fingerprint density at radius 3 is 2.59 bits per heavy atom. The van der Waals surface area contributed by atoms with Crippen LogP contribution in [0, 0.1) is 11.3 Å². The Morgan fingerprint density at radius 2 is 1.93 bits per heavy atom. The second kappa shape index (κ2) is 8.79. The highest BCUT2D eigenvalue weighted by atomic mass is 35.5. The van der Waals surface area contributed by atoms with Crippen LogP contribution in [0.25, 0.3) is 0 Å². The molecule has 1 heterocycles. The number of nitrogens with one attached hydrogen (secondary N) is 2. The summed E-state index contributed by atoms with van der Waals surface area (Å²) in [5.41, 5.74) is 2.65. The molecule has 2 aromatic carbocycles. The van der Waals surface area contributed by atoms with Gasteiger partial charge in [-0.25, -0.2) is 9.97 Å². The van der Waals surface area contributed by atoms with E-state index in [4.69, 9.17) is 16.9 Å². The quantitative estimate of drug-likeness (QED) is 0.683. The Hall–Kier alpha value is -3.43. The zero-order valence-corrected chi connectivity index (χ0v) is 15.1. The van der Waals surface area contributed by atoms with Gasteiger partial charge in [0.25, 0.3) is 5.91 Å². The normalized spacial score (nSPS) is 10.1. The molecule has 3 aromatic rings. The number of rotatable bonds is 6. The number of anilines is 2. The van der Waals surface area contributed by atoms with E-state index in [0.717, 1.165) is 11.3 Å². The molecule has 1 amide bonds. The summed E-state index contributed by atoms with van der Waals surface area (Å²) in [6.45, 7) is 0.478. The summed E-state index contributed by atoms with van der Waals surface area (Å²) >= 11 is 5.94. The first-order valence-corrected chi connectivity index (χ1v) is 8.64. The van der Waals surface area contributed by atoms with Gasteiger partial charge < -0.3 is 10.6 Å². The third-order valence-corrected chi connectivity index (χ3v) is 3.99. The number of amides is 1. The lowest BCUT2D eigenvalue weighted by atomic mass is 10.1. The average molecular weight is 378 g/mol. The lowest BCUT2D eigenvalue weighted by molar-refractivity contribution is 0.0949. The van der Waals surface area contributed by atoms with Crippen LogP contribution in [0.3, 0.4) is 0 Å². The van der Waals surface area contributed by atoms with E-state index in [0.29, 0.717) is 29.4 Å². The minimum atomic E-state index is -0.283. The molecule has 7 heteroatoms. The second-order valence-electron chi connectivity index (χ2n) is 5.74. The zero-order valence-electron chi connectivity index (χ0n) is 14.3. The van der Waals surface area contributed by atoms with Crippen molar-refractivity contribution in [2.24, 2.45) is 0 Å². The van der Waals surface area contributed by atoms with Crippen LogP contribution in [0.4, 0.5) is 11.5 Å². The van der Waals surface area contributed by atoms with Gasteiger partial charge in [0.05, 0.1) is 24.0 Å². The molecule has 6 nitrogen and oxygen atoms in total. The molecule has 0 fully saturated rings. The number of carbonyl (C=O) groups excluding carboxylic acids is 1. The summed E-state index contributed by atoms with van der Waals surface area (Å²) in [6, 6.07) is 16.5. The molecule has 0 aliphatic heterocycles. The molecule has 3 rings (SSSR count). The van der Waals surface area contributed by atoms with E-state index in [2.05, 4.69) is 26.7 Å². The Kier molecular flexibility index (Phi) is 5.98. The van der Waals surface area contributed by atoms with Gasteiger partial charge in [0.1, 0.15) is 11.5 Å². The predicted molar refractivity (Wildman–Crippen MR) is 104 cm³/mol. The number of nitriles is 1. The van der Waals surface area contributed by atoms with Crippen molar-refractivity contribution in [3.05, 3.63) is 82.8 Å². The van der Waals surface area contributed by atoms with Gasteiger partial charge in [-0.3, -0.25) is 4.79 Å². The van der Waals surface area contributed by atoms with Crippen LogP contribution >= 0.6 is 11.6 Å². The van der Waals surface area contributed by atoms with Gasteiger partial charge >= 0.3 is 0 Å². The smallest absolute Gasteiger partial charge is 0.271 e. The predicted octanol–water partition coefficient (Wildman–Crippen LogP) is 3.72. The van der Waals surface area contributed by atoms with Gasteiger partial charge in [0.2, 0.25) is 0 Å². The van der Waals surface area contributed by atoms with Crippen molar-refractivity contribution in [3.8, 4) is 6.07 Å². The number of halogens is 1. The van der Waals surface area contributed by atoms with Crippen molar-refractivity contribution in [3.63, 3.8) is 0 Å². The number of benzene rings is 2. The summed E-state index contributed by atoms with van der Waals surface area (Å²) in [5.74, 6) is 0.227. The Bertz CT molecular complexity index is 965. The van der Waals surface area contributed by atoms with Crippen molar-refractivity contribution < 1.29 is 4.79 Å². The molecule has 0 aliphatic carbocycles. The van der Waals surface area contributed by atoms with E-state index in [9.17, 15) is 4.79 Å². The van der Waals surface area contributed by atoms with Crippen LogP contribution in [0.2, 0.25) is 5.02 Å². The molecule has 0 atom stereocenters. The summed E-state index contributed by atoms with van der Waals surface area (Å²) in [4.78, 5) is 20.5. The second-order valence-corrected chi connectivity index (χ2v) is 6.17. The van der Waals surface area contributed by atoms with Crippen molar-refractivity contribution in [1.82, 2.24) is 15.3 Å². The summed E-state index contributed by atoms with van der Waals surface area (Å²) < 4.78 is 0. The number of carbonyl (C=O) groups is 1. The van der Waals surface area contributed by atoms with Crippen molar-refractivity contribution >= 4 is 29.0 Å². The Balaban J connectivity index is 1.53. The number of aromatic nitrogens is 2. The van der Waals surface area contributed by atoms with Crippen LogP contribution in [0.1, 0.15) is 21.6 Å². The Labute approximate surface area is 161 Å². The van der Waals surface area contributed by atoms with E-state index in [1.807, 2.05) is 24.3 Å². The topological polar surface area (TPSA) is 90.7 Å². The minimum Gasteiger partial charge on any atom is -0.350 e. The highest BCUT2D eigenvalue weighted by molar-refractivity contribution is 6.30. The van der Waals surface area contributed by atoms with Crippen LogP contribution in [-0.2, 0) is 6.42 Å². The maximum absolute atomic E-state index is 12.2. The molecule has 0 spiro atoms. The van der Waals surface area contributed by atoms with E-state index in [1.54, 1.807) is 24.3 Å². The molecule has 0 aliphatic rings. The lowest BCUT2D eigenvalue weighted by Gasteiger charge is -2.07. The summed E-state index contributed by atoms with van der Waals surface area (Å²) in [5, 5.41) is 15.4. The first-order chi connectivity index (χ1) is 13.1. The van der Waals surface area contributed by atoms with Crippen LogP contribution in [0.5, 0.6) is 0 Å². The van der Waals surface area contributed by atoms with E-state index in [1.165, 1.54) is 12.4 Å². The van der Waals surface area contributed by atoms with Gasteiger partial charge in [0, 0.05) is 17.3 Å². The molecular weight excluding hydrogens is 362 g/mol. The fourth-order valence-corrected chi connectivity index (χ4v) is 2.60. The molecule has 0 radical (unpaired) electrons. The van der Waals surface area contributed by atoms with Gasteiger partial charge in [-0.1, -0.05) is 23.7 Å². The summed E-state index contributed by atoms with van der Waals surface area (Å²) in [6.07, 6.45) is 3.59. The highest BCUT2D eigenvalue weighted by Gasteiger charge is 2.08. The lowest BCUT2D eigenvalue weighted by Crippen LogP contribution is -2.26. The van der Waals surface area contributed by atoms with Crippen molar-refractivity contribution in [1.29, 1.82) is 5.26 Å². The van der Waals surface area contributed by atoms with E-state index < -0.39 is 0 Å². The van der Waals surface area contributed by atoms with E-state index in [-0.39, 0.29) is 11.6 Å². The zero-order chi connectivity index (χ0) is 19.1. The number of nitrogens with zero attached hydrogens (tertiary/aromatic N) is 3. The molecule has 27 heavy (non-hydrogen) atoms. The van der Waals surface area contributed by atoms with Gasteiger partial charge in [-0.05, 0) is 48.4 Å². The monoisotopic (exact) mass is 377 g/mol. The van der Waals surface area contributed by atoms with Gasteiger partial charge in [0.15, 0.2) is 0 Å². The van der Waals surface area contributed by atoms with Crippen LogP contribution in [-0.4, -0.2) is 22.4 Å². The molecule has 0 saturated carbocycles. The first kappa shape index (κ1) is 18.4. The molecule has 2 N–H and O–H groups in total. The maximum Gasteiger partial charge on any atom is 0.271 e. The molecule has 0 bridgehead atoms. The van der Waals surface area contributed by atoms with Crippen LogP contribution in [0.15, 0.2) is 60.9 Å². The molecular formula is C20H16ClN5O. The molecule has 0 saturated heterocycles. The minimum absolute atomic E-state index is 0.242. The standard InChI is InChI=1S/C20H16ClN5O/c21-16-3-1-2-14(10-16)8-9-23-20(27)18-12-25-19(13-24-18)26-17-6-4-15(11-22)5-7-17/h1-7,10,12-13H,8-9H2,(H,23,27)(H,25,26). The molecule has 134 valence electrons. The van der Waals surface area contributed by atoms with Gasteiger partial charge in [-0.15, -0.1) is 0 Å². The van der Waals surface area contributed by atoms with Crippen molar-refractivity contribution in [2.75, 3.05) is 11.9 Å². The highest BCUT2D eigenvalue weighted by Crippen LogP contribution is 2.14. The van der Waals surface area contributed by atoms with Crippen molar-refractivity contribution in [2.45, 2.75) is 6.42 Å². The van der Waals surface area contributed by atoms with E-state index >= 15 is 0 Å².